The van der Waals surface area contributed by atoms with E-state index in [0.29, 0.717) is 6.04 Å². The van der Waals surface area contributed by atoms with Gasteiger partial charge in [-0.1, -0.05) is 32.8 Å². The van der Waals surface area contributed by atoms with Gasteiger partial charge in [0, 0.05) is 19.1 Å². The van der Waals surface area contributed by atoms with Crippen LogP contribution in [-0.4, -0.2) is 29.9 Å². The largest absolute Gasteiger partial charge is 0.363 e. The Hall–Kier alpha value is -0.990. The summed E-state index contributed by atoms with van der Waals surface area (Å²) in [5.74, 6) is 0.120. The molecule has 1 saturated heterocycles. The molecular formula is C14H26N2O. The molecule has 2 aliphatic heterocycles. The minimum Gasteiger partial charge on any atom is -0.363 e. The van der Waals surface area contributed by atoms with Crippen molar-refractivity contribution in [3.05, 3.63) is 11.8 Å². The topological polar surface area (TPSA) is 32.3 Å². The van der Waals surface area contributed by atoms with Crippen LogP contribution in [0.15, 0.2) is 11.8 Å². The van der Waals surface area contributed by atoms with Crippen molar-refractivity contribution in [2.45, 2.75) is 58.9 Å². The van der Waals surface area contributed by atoms with E-state index in [9.17, 15) is 4.79 Å². The third kappa shape index (κ3) is 3.76. The fourth-order valence-electron chi connectivity index (χ4n) is 2.45. The molecule has 1 atom stereocenters. The number of hydrogen-bond acceptors (Lipinski definition) is 2. The second kappa shape index (κ2) is 7.36. The number of fused-ring (bicyclic) bond motifs is 1. The highest BCUT2D eigenvalue weighted by Gasteiger charge is 2.25. The number of hydrogen-bond donors (Lipinski definition) is 1. The summed E-state index contributed by atoms with van der Waals surface area (Å²) in [4.78, 5) is 14.0. The molecule has 3 heteroatoms. The summed E-state index contributed by atoms with van der Waals surface area (Å²) in [7, 11) is 0. The predicted octanol–water partition coefficient (Wildman–Crippen LogP) is 2.68. The fourth-order valence-corrected chi connectivity index (χ4v) is 2.45. The van der Waals surface area contributed by atoms with Gasteiger partial charge in [-0.15, -0.1) is 0 Å². The van der Waals surface area contributed by atoms with Crippen LogP contribution < -0.4 is 5.32 Å². The maximum Gasteiger partial charge on any atom is 0.267 e. The molecule has 2 aliphatic rings. The molecule has 0 aromatic heterocycles. The third-order valence-corrected chi connectivity index (χ3v) is 3.38. The molecule has 3 nitrogen and oxygen atoms in total. The van der Waals surface area contributed by atoms with Crippen molar-refractivity contribution in [2.75, 3.05) is 13.1 Å². The molecule has 1 unspecified atom stereocenters. The monoisotopic (exact) mass is 238 g/mol. The van der Waals surface area contributed by atoms with Gasteiger partial charge in [0.1, 0.15) is 0 Å². The van der Waals surface area contributed by atoms with Crippen molar-refractivity contribution in [1.82, 2.24) is 10.2 Å². The van der Waals surface area contributed by atoms with Crippen LogP contribution in [0.5, 0.6) is 0 Å². The van der Waals surface area contributed by atoms with Crippen molar-refractivity contribution in [3.63, 3.8) is 0 Å². The molecule has 0 bridgehead atoms. The fraction of sp³-hybridized carbons (Fsp3) is 0.786. The van der Waals surface area contributed by atoms with Crippen molar-refractivity contribution >= 4 is 5.91 Å². The number of nitrogens with zero attached hydrogens (tertiary/aromatic N) is 1. The van der Waals surface area contributed by atoms with Crippen molar-refractivity contribution < 1.29 is 4.79 Å². The predicted molar refractivity (Wildman–Crippen MR) is 71.7 cm³/mol. The number of amides is 1. The lowest BCUT2D eigenvalue weighted by Gasteiger charge is -2.36. The lowest BCUT2D eigenvalue weighted by Crippen LogP contribution is -2.49. The molecule has 17 heavy (non-hydrogen) atoms. The van der Waals surface area contributed by atoms with Gasteiger partial charge in [-0.25, -0.2) is 0 Å². The average Bonchev–Trinajstić information content (AvgIpc) is 2.45. The number of allylic oxidation sites excluding steroid dienone is 1. The van der Waals surface area contributed by atoms with Crippen LogP contribution in [0.3, 0.4) is 0 Å². The summed E-state index contributed by atoms with van der Waals surface area (Å²) < 4.78 is 0. The molecule has 0 aliphatic carbocycles. The second-order valence-corrected chi connectivity index (χ2v) is 4.53. The number of piperazine rings is 1. The molecule has 0 saturated carbocycles. The molecule has 1 fully saturated rings. The average molecular weight is 238 g/mol. The third-order valence-electron chi connectivity index (χ3n) is 3.38. The summed E-state index contributed by atoms with van der Waals surface area (Å²) in [5.41, 5.74) is 0.913. The molecule has 2 heterocycles. The number of rotatable bonds is 0. The number of carbonyl (C=O) groups is 1. The molecule has 1 amide bonds. The van der Waals surface area contributed by atoms with Gasteiger partial charge in [0.2, 0.25) is 0 Å². The second-order valence-electron chi connectivity index (χ2n) is 4.53. The maximum atomic E-state index is 11.7. The molecule has 1 N–H and O–H groups in total. The first-order valence-electron chi connectivity index (χ1n) is 7.04. The van der Waals surface area contributed by atoms with Crippen LogP contribution in [0, 0.1) is 0 Å². The van der Waals surface area contributed by atoms with Crippen LogP contribution in [0.4, 0.5) is 0 Å². The van der Waals surface area contributed by atoms with Gasteiger partial charge < -0.3 is 10.2 Å². The summed E-state index contributed by atoms with van der Waals surface area (Å²) in [6.45, 7) is 8.00. The van der Waals surface area contributed by atoms with E-state index >= 15 is 0 Å². The Balaban J connectivity index is 0.000000686. The van der Waals surface area contributed by atoms with Crippen LogP contribution in [-0.2, 0) is 4.79 Å². The van der Waals surface area contributed by atoms with Crippen molar-refractivity contribution in [3.8, 4) is 0 Å². The highest BCUT2D eigenvalue weighted by Crippen LogP contribution is 2.21. The van der Waals surface area contributed by atoms with Crippen LogP contribution >= 0.6 is 0 Å². The zero-order valence-electron chi connectivity index (χ0n) is 11.5. The van der Waals surface area contributed by atoms with E-state index in [-0.39, 0.29) is 5.91 Å². The molecule has 0 radical (unpaired) electrons. The first-order chi connectivity index (χ1) is 8.29. The number of carbonyl (C=O) groups excluding carboxylic acids is 1. The first-order valence-corrected chi connectivity index (χ1v) is 7.04. The van der Waals surface area contributed by atoms with E-state index in [4.69, 9.17) is 0 Å². The van der Waals surface area contributed by atoms with E-state index in [0.717, 1.165) is 25.2 Å². The van der Waals surface area contributed by atoms with Gasteiger partial charge in [-0.05, 0) is 26.2 Å². The summed E-state index contributed by atoms with van der Waals surface area (Å²) in [5, 5.41) is 2.92. The van der Waals surface area contributed by atoms with Gasteiger partial charge >= 0.3 is 0 Å². The molecule has 0 spiro atoms. The Labute approximate surface area is 105 Å². The van der Waals surface area contributed by atoms with E-state index in [1.807, 2.05) is 13.8 Å². The maximum absolute atomic E-state index is 11.7. The minimum atomic E-state index is 0.120. The zero-order valence-corrected chi connectivity index (χ0v) is 11.5. The zero-order chi connectivity index (χ0) is 12.7. The lowest BCUT2D eigenvalue weighted by molar-refractivity contribution is -0.120. The van der Waals surface area contributed by atoms with E-state index in [1.165, 1.54) is 25.7 Å². The summed E-state index contributed by atoms with van der Waals surface area (Å²) >= 11 is 0. The first kappa shape index (κ1) is 14.1. The van der Waals surface area contributed by atoms with Gasteiger partial charge in [-0.3, -0.25) is 4.79 Å². The summed E-state index contributed by atoms with van der Waals surface area (Å²) in [6, 6.07) is 0.514. The Kier molecular flexibility index (Phi) is 6.09. The van der Waals surface area contributed by atoms with E-state index in [2.05, 4.69) is 23.2 Å². The summed E-state index contributed by atoms with van der Waals surface area (Å²) in [6.07, 6.45) is 8.19. The van der Waals surface area contributed by atoms with E-state index in [1.54, 1.807) is 0 Å². The lowest BCUT2D eigenvalue weighted by atomic mass is 10.1. The molecular weight excluding hydrogens is 212 g/mol. The van der Waals surface area contributed by atoms with Crippen LogP contribution in [0.1, 0.15) is 52.9 Å². The minimum absolute atomic E-state index is 0.120. The van der Waals surface area contributed by atoms with Crippen LogP contribution in [0.2, 0.25) is 0 Å². The van der Waals surface area contributed by atoms with E-state index < -0.39 is 0 Å². The van der Waals surface area contributed by atoms with Crippen molar-refractivity contribution in [1.29, 1.82) is 0 Å². The standard InChI is InChI=1S/C12H20N2O.C2H6/c1-10-6-4-2-3-5-7-11-12(15)13-8-9-14(10)11;1-2/h7,10H,2-6,8-9H2,1H3,(H,13,15);1-2H3/b11-7-;. The number of nitrogens with one attached hydrogen (secondary N) is 1. The normalized spacial score (nSPS) is 28.2. The quantitative estimate of drug-likeness (QED) is 0.703. The van der Waals surface area contributed by atoms with Crippen LogP contribution in [0.25, 0.3) is 0 Å². The SMILES string of the molecule is CC.CC1CCCCC/C=C2/C(=O)NCCN21. The Morgan fingerprint density at radius 2 is 2.06 bits per heavy atom. The molecule has 98 valence electrons. The van der Waals surface area contributed by atoms with Crippen molar-refractivity contribution in [2.24, 2.45) is 0 Å². The van der Waals surface area contributed by atoms with Gasteiger partial charge in [0.15, 0.2) is 0 Å². The highest BCUT2D eigenvalue weighted by atomic mass is 16.2. The highest BCUT2D eigenvalue weighted by molar-refractivity contribution is 5.93. The van der Waals surface area contributed by atoms with Gasteiger partial charge in [0.25, 0.3) is 5.91 Å². The van der Waals surface area contributed by atoms with Gasteiger partial charge in [0.05, 0.1) is 5.70 Å². The Morgan fingerprint density at radius 3 is 2.82 bits per heavy atom. The Morgan fingerprint density at radius 1 is 1.29 bits per heavy atom. The molecule has 0 aromatic carbocycles. The smallest absolute Gasteiger partial charge is 0.267 e. The Bertz CT molecular complexity index is 273. The van der Waals surface area contributed by atoms with Gasteiger partial charge in [-0.2, -0.15) is 0 Å². The molecule has 0 aromatic rings. The molecule has 2 rings (SSSR count).